The number of aryl methyl sites for hydroxylation is 1. The van der Waals surface area contributed by atoms with Crippen molar-refractivity contribution in [1.82, 2.24) is 5.32 Å². The molecule has 0 aliphatic heterocycles. The van der Waals surface area contributed by atoms with E-state index in [0.29, 0.717) is 6.04 Å². The Bertz CT molecular complexity index is 513. The molecule has 1 aromatic heterocycles. The molecule has 0 fully saturated rings. The van der Waals surface area contributed by atoms with Crippen LogP contribution in [0.15, 0.2) is 50.5 Å². The predicted octanol–water partition coefficient (Wildman–Crippen LogP) is 5.60. The average Bonchev–Trinajstić information content (AvgIpc) is 3.01. The van der Waals surface area contributed by atoms with Gasteiger partial charge < -0.3 is 5.32 Å². The number of hydrogen-bond donors (Lipinski definition) is 1. The number of thiophene rings is 1. The molecule has 0 saturated heterocycles. The molecule has 0 aliphatic carbocycles. The number of rotatable bonds is 9. The maximum Gasteiger partial charge on any atom is 0.0311 e. The van der Waals surface area contributed by atoms with Crippen LogP contribution in [0.4, 0.5) is 0 Å². The zero-order valence-electron chi connectivity index (χ0n) is 12.3. The van der Waals surface area contributed by atoms with Crippen LogP contribution in [0.3, 0.4) is 0 Å². The molecule has 0 saturated carbocycles. The maximum absolute atomic E-state index is 3.69. The molecule has 0 radical (unpaired) electrons. The van der Waals surface area contributed by atoms with Gasteiger partial charge >= 0.3 is 0 Å². The van der Waals surface area contributed by atoms with Crippen molar-refractivity contribution < 1.29 is 0 Å². The van der Waals surface area contributed by atoms with Crippen LogP contribution >= 0.6 is 39.0 Å². The van der Waals surface area contributed by atoms with Gasteiger partial charge in [-0.1, -0.05) is 19.1 Å². The van der Waals surface area contributed by atoms with Crippen LogP contribution in [0.1, 0.15) is 25.3 Å². The van der Waals surface area contributed by atoms with Crippen molar-refractivity contribution in [3.8, 4) is 0 Å². The lowest BCUT2D eigenvalue weighted by Gasteiger charge is -2.18. The maximum atomic E-state index is 3.69. The zero-order chi connectivity index (χ0) is 14.9. The molecule has 114 valence electrons. The van der Waals surface area contributed by atoms with Crippen molar-refractivity contribution in [2.45, 2.75) is 37.1 Å². The Labute approximate surface area is 144 Å². The van der Waals surface area contributed by atoms with Crippen LogP contribution in [0, 0.1) is 0 Å². The van der Waals surface area contributed by atoms with Crippen LogP contribution in [-0.4, -0.2) is 18.3 Å². The lowest BCUT2D eigenvalue weighted by molar-refractivity contribution is 0.520. The second-order valence-electron chi connectivity index (χ2n) is 5.06. The summed E-state index contributed by atoms with van der Waals surface area (Å²) in [7, 11) is 0. The van der Waals surface area contributed by atoms with E-state index in [1.54, 1.807) is 11.3 Å². The fourth-order valence-corrected chi connectivity index (χ4v) is 4.50. The average molecular weight is 384 g/mol. The van der Waals surface area contributed by atoms with Gasteiger partial charge in [-0.05, 0) is 76.3 Å². The Kier molecular flexibility index (Phi) is 7.86. The van der Waals surface area contributed by atoms with Crippen molar-refractivity contribution in [3.63, 3.8) is 0 Å². The highest BCUT2D eigenvalue weighted by molar-refractivity contribution is 9.10. The van der Waals surface area contributed by atoms with Crippen molar-refractivity contribution in [2.24, 2.45) is 0 Å². The first-order valence-electron chi connectivity index (χ1n) is 7.41. The molecule has 0 bridgehead atoms. The Morgan fingerprint density at radius 2 is 2.14 bits per heavy atom. The summed E-state index contributed by atoms with van der Waals surface area (Å²) in [6, 6.07) is 11.3. The Morgan fingerprint density at radius 3 is 2.86 bits per heavy atom. The topological polar surface area (TPSA) is 12.0 Å². The van der Waals surface area contributed by atoms with E-state index in [1.165, 1.54) is 34.2 Å². The van der Waals surface area contributed by atoms with Crippen LogP contribution in [-0.2, 0) is 6.42 Å². The second-order valence-corrected chi connectivity index (χ2v) is 7.76. The molecule has 1 nitrogen and oxygen atoms in total. The number of halogens is 1. The molecule has 0 amide bonds. The molecule has 0 spiro atoms. The summed E-state index contributed by atoms with van der Waals surface area (Å²) in [5, 5.41) is 8.12. The number of nitrogens with one attached hydrogen (secondary N) is 1. The molecule has 1 unspecified atom stereocenters. The summed E-state index contributed by atoms with van der Waals surface area (Å²) >= 11 is 7.36. The third-order valence-electron chi connectivity index (χ3n) is 3.32. The van der Waals surface area contributed by atoms with Gasteiger partial charge in [0.2, 0.25) is 0 Å². The minimum atomic E-state index is 0.571. The molecule has 21 heavy (non-hydrogen) atoms. The van der Waals surface area contributed by atoms with E-state index in [-0.39, 0.29) is 0 Å². The number of hydrogen-bond acceptors (Lipinski definition) is 3. The van der Waals surface area contributed by atoms with E-state index >= 15 is 0 Å². The molecule has 1 aromatic carbocycles. The molecule has 2 rings (SSSR count). The van der Waals surface area contributed by atoms with E-state index in [4.69, 9.17) is 0 Å². The van der Waals surface area contributed by atoms with Gasteiger partial charge in [-0.3, -0.25) is 0 Å². The van der Waals surface area contributed by atoms with Gasteiger partial charge in [0.25, 0.3) is 0 Å². The summed E-state index contributed by atoms with van der Waals surface area (Å²) in [6.45, 7) is 3.33. The van der Waals surface area contributed by atoms with Crippen LogP contribution in [0.5, 0.6) is 0 Å². The lowest BCUT2D eigenvalue weighted by Crippen LogP contribution is -2.32. The van der Waals surface area contributed by atoms with E-state index in [1.807, 2.05) is 11.8 Å². The third-order valence-corrected chi connectivity index (χ3v) is 6.24. The molecule has 1 heterocycles. The van der Waals surface area contributed by atoms with Crippen LogP contribution < -0.4 is 5.32 Å². The minimum Gasteiger partial charge on any atom is -0.313 e. The van der Waals surface area contributed by atoms with Crippen molar-refractivity contribution in [3.05, 3.63) is 51.1 Å². The van der Waals surface area contributed by atoms with E-state index in [0.717, 1.165) is 12.3 Å². The van der Waals surface area contributed by atoms with Crippen LogP contribution in [0.2, 0.25) is 0 Å². The highest BCUT2D eigenvalue weighted by Gasteiger charge is 2.10. The summed E-state index contributed by atoms with van der Waals surface area (Å²) in [4.78, 5) is 1.33. The molecule has 1 N–H and O–H groups in total. The predicted molar refractivity (Wildman–Crippen MR) is 99.6 cm³/mol. The summed E-state index contributed by atoms with van der Waals surface area (Å²) in [5.74, 6) is 1.12. The van der Waals surface area contributed by atoms with Gasteiger partial charge in [-0.2, -0.15) is 11.3 Å². The number of thioether (sulfide) groups is 1. The largest absolute Gasteiger partial charge is 0.313 e. The fraction of sp³-hybridized carbons (Fsp3) is 0.412. The van der Waals surface area contributed by atoms with Gasteiger partial charge in [-0.25, -0.2) is 0 Å². The van der Waals surface area contributed by atoms with Gasteiger partial charge in [0.15, 0.2) is 0 Å². The van der Waals surface area contributed by atoms with Gasteiger partial charge in [0.1, 0.15) is 0 Å². The summed E-state index contributed by atoms with van der Waals surface area (Å²) < 4.78 is 1.20. The first-order valence-corrected chi connectivity index (χ1v) is 10.1. The first-order chi connectivity index (χ1) is 10.3. The summed E-state index contributed by atoms with van der Waals surface area (Å²) in [6.07, 6.45) is 3.56. The van der Waals surface area contributed by atoms with Gasteiger partial charge in [-0.15, -0.1) is 11.8 Å². The smallest absolute Gasteiger partial charge is 0.0311 e. The van der Waals surface area contributed by atoms with E-state index in [2.05, 4.69) is 69.3 Å². The molecule has 4 heteroatoms. The third kappa shape index (κ3) is 6.15. The van der Waals surface area contributed by atoms with E-state index in [9.17, 15) is 0 Å². The van der Waals surface area contributed by atoms with Crippen molar-refractivity contribution >= 4 is 39.0 Å². The highest BCUT2D eigenvalue weighted by atomic mass is 79.9. The SMILES string of the molecule is CCCNC(CCc1ccsc1)CSc1ccccc1Br. The Balaban J connectivity index is 1.85. The Hall–Kier alpha value is -0.290. The normalized spacial score (nSPS) is 12.5. The number of benzene rings is 1. The molecule has 1 atom stereocenters. The standard InChI is InChI=1S/C17H22BrNS2/c1-2-10-19-15(8-7-14-9-11-20-12-14)13-21-17-6-4-3-5-16(17)18/h3-6,9,11-12,15,19H,2,7-8,10,13H2,1H3. The van der Waals surface area contributed by atoms with Gasteiger partial charge in [0.05, 0.1) is 0 Å². The second kappa shape index (κ2) is 9.67. The Morgan fingerprint density at radius 1 is 1.29 bits per heavy atom. The highest BCUT2D eigenvalue weighted by Crippen LogP contribution is 2.28. The molecule has 0 aliphatic rings. The zero-order valence-corrected chi connectivity index (χ0v) is 15.6. The van der Waals surface area contributed by atoms with E-state index < -0.39 is 0 Å². The molecular weight excluding hydrogens is 362 g/mol. The molecule has 2 aromatic rings. The fourth-order valence-electron chi connectivity index (χ4n) is 2.12. The monoisotopic (exact) mass is 383 g/mol. The van der Waals surface area contributed by atoms with Crippen molar-refractivity contribution in [1.29, 1.82) is 0 Å². The first kappa shape index (κ1) is 17.1. The van der Waals surface area contributed by atoms with Crippen LogP contribution in [0.25, 0.3) is 0 Å². The van der Waals surface area contributed by atoms with Gasteiger partial charge in [0, 0.05) is 21.2 Å². The van der Waals surface area contributed by atoms with Crippen molar-refractivity contribution in [2.75, 3.05) is 12.3 Å². The minimum absolute atomic E-state index is 0.571. The quantitative estimate of drug-likeness (QED) is 0.565. The molecular formula is C17H22BrNS2. The summed E-state index contributed by atoms with van der Waals surface area (Å²) in [5.41, 5.74) is 1.47. The lowest BCUT2D eigenvalue weighted by atomic mass is 10.1.